The quantitative estimate of drug-likeness (QED) is 0.872. The van der Waals surface area contributed by atoms with E-state index in [1.807, 2.05) is 23.1 Å². The Morgan fingerprint density at radius 2 is 2.13 bits per heavy atom. The van der Waals surface area contributed by atoms with Crippen molar-refractivity contribution in [2.75, 3.05) is 13.1 Å². The van der Waals surface area contributed by atoms with Crippen molar-refractivity contribution >= 4 is 11.8 Å². The van der Waals surface area contributed by atoms with Crippen LogP contribution in [0.1, 0.15) is 44.2 Å². The smallest absolute Gasteiger partial charge is 0.228 e. The summed E-state index contributed by atoms with van der Waals surface area (Å²) in [6.45, 7) is 1.61. The fraction of sp³-hybridized carbons (Fsp3) is 0.611. The van der Waals surface area contributed by atoms with E-state index in [-0.39, 0.29) is 11.8 Å². The molecule has 2 amide bonds. The van der Waals surface area contributed by atoms with E-state index < -0.39 is 0 Å². The maximum Gasteiger partial charge on any atom is 0.228 e. The van der Waals surface area contributed by atoms with Crippen LogP contribution in [0.5, 0.6) is 0 Å². The highest BCUT2D eigenvalue weighted by atomic mass is 16.2. The molecule has 0 aromatic carbocycles. The third-order valence-electron chi connectivity index (χ3n) is 4.65. The van der Waals surface area contributed by atoms with Gasteiger partial charge in [0.1, 0.15) is 0 Å². The molecule has 2 heterocycles. The Kier molecular flexibility index (Phi) is 5.26. The number of hydrogen-bond donors (Lipinski definition) is 1. The van der Waals surface area contributed by atoms with E-state index >= 15 is 0 Å². The number of pyridine rings is 1. The van der Waals surface area contributed by atoms with Gasteiger partial charge in [0.15, 0.2) is 0 Å². The number of amides is 2. The van der Waals surface area contributed by atoms with E-state index in [0.29, 0.717) is 24.8 Å². The van der Waals surface area contributed by atoms with Gasteiger partial charge in [0.05, 0.1) is 6.42 Å². The van der Waals surface area contributed by atoms with Crippen molar-refractivity contribution in [2.45, 2.75) is 51.0 Å². The zero-order chi connectivity index (χ0) is 16.1. The standard InChI is InChI=1S/C18H25N3O2/c22-17(20-15-7-8-15)9-6-14-4-3-11-21(13-14)18(23)12-16-5-1-2-10-19-16/h1-2,5,10,14-15H,3-4,6-9,11-13H2,(H,20,22). The van der Waals surface area contributed by atoms with Crippen molar-refractivity contribution in [1.82, 2.24) is 15.2 Å². The lowest BCUT2D eigenvalue weighted by Crippen LogP contribution is -2.41. The summed E-state index contributed by atoms with van der Waals surface area (Å²) in [6.07, 6.45) is 7.97. The minimum absolute atomic E-state index is 0.149. The highest BCUT2D eigenvalue weighted by molar-refractivity contribution is 5.78. The van der Waals surface area contributed by atoms with Crippen LogP contribution in [0.15, 0.2) is 24.4 Å². The highest BCUT2D eigenvalue weighted by Gasteiger charge is 2.26. The molecule has 3 rings (SSSR count). The molecule has 1 aromatic heterocycles. The average molecular weight is 315 g/mol. The van der Waals surface area contributed by atoms with Crippen molar-refractivity contribution in [2.24, 2.45) is 5.92 Å². The Morgan fingerprint density at radius 3 is 2.87 bits per heavy atom. The largest absolute Gasteiger partial charge is 0.353 e. The molecular weight excluding hydrogens is 290 g/mol. The molecule has 124 valence electrons. The Balaban J connectivity index is 1.43. The summed E-state index contributed by atoms with van der Waals surface area (Å²) in [5.41, 5.74) is 0.823. The van der Waals surface area contributed by atoms with Gasteiger partial charge in [0.2, 0.25) is 11.8 Å². The van der Waals surface area contributed by atoms with Gasteiger partial charge in [-0.05, 0) is 50.2 Å². The predicted molar refractivity (Wildman–Crippen MR) is 87.6 cm³/mol. The number of carbonyl (C=O) groups is 2. The molecule has 1 saturated carbocycles. The second-order valence-corrected chi connectivity index (χ2v) is 6.73. The minimum atomic E-state index is 0.149. The lowest BCUT2D eigenvalue weighted by molar-refractivity contribution is -0.132. The van der Waals surface area contributed by atoms with E-state index in [1.54, 1.807) is 6.20 Å². The van der Waals surface area contributed by atoms with Crippen LogP contribution in [0.25, 0.3) is 0 Å². The van der Waals surface area contributed by atoms with Crippen molar-refractivity contribution < 1.29 is 9.59 Å². The van der Waals surface area contributed by atoms with Gasteiger partial charge in [0.25, 0.3) is 0 Å². The first-order valence-electron chi connectivity index (χ1n) is 8.68. The molecule has 2 fully saturated rings. The number of likely N-dealkylation sites (tertiary alicyclic amines) is 1. The van der Waals surface area contributed by atoms with Gasteiger partial charge < -0.3 is 10.2 Å². The zero-order valence-corrected chi connectivity index (χ0v) is 13.5. The second kappa shape index (κ2) is 7.57. The summed E-state index contributed by atoms with van der Waals surface area (Å²) < 4.78 is 0. The lowest BCUT2D eigenvalue weighted by Gasteiger charge is -2.32. The SMILES string of the molecule is O=C(CCC1CCCN(C(=O)Cc2ccccn2)C1)NC1CC1. The number of carbonyl (C=O) groups excluding carboxylic acids is 2. The normalized spacial score (nSPS) is 21.0. The summed E-state index contributed by atoms with van der Waals surface area (Å²) in [5.74, 6) is 0.765. The Bertz CT molecular complexity index is 542. The molecule has 1 N–H and O–H groups in total. The molecule has 23 heavy (non-hydrogen) atoms. The molecule has 1 atom stereocenters. The van der Waals surface area contributed by atoms with Gasteiger partial charge in [0, 0.05) is 37.4 Å². The number of piperidine rings is 1. The molecule has 1 unspecified atom stereocenters. The third kappa shape index (κ3) is 5.05. The first kappa shape index (κ1) is 16.0. The zero-order valence-electron chi connectivity index (χ0n) is 13.5. The topological polar surface area (TPSA) is 62.3 Å². The van der Waals surface area contributed by atoms with Gasteiger partial charge >= 0.3 is 0 Å². The number of nitrogens with one attached hydrogen (secondary N) is 1. The molecule has 1 saturated heterocycles. The molecule has 0 radical (unpaired) electrons. The number of aromatic nitrogens is 1. The number of hydrogen-bond acceptors (Lipinski definition) is 3. The Morgan fingerprint density at radius 1 is 1.26 bits per heavy atom. The van der Waals surface area contributed by atoms with Gasteiger partial charge in [-0.1, -0.05) is 6.07 Å². The van der Waals surface area contributed by atoms with Gasteiger partial charge in [-0.2, -0.15) is 0 Å². The first-order chi connectivity index (χ1) is 11.2. The van der Waals surface area contributed by atoms with Crippen LogP contribution in [0.3, 0.4) is 0 Å². The summed E-state index contributed by atoms with van der Waals surface area (Å²) in [5, 5.41) is 3.03. The third-order valence-corrected chi connectivity index (χ3v) is 4.65. The van der Waals surface area contributed by atoms with E-state index in [4.69, 9.17) is 0 Å². The number of nitrogens with zero attached hydrogens (tertiary/aromatic N) is 2. The monoisotopic (exact) mass is 315 g/mol. The van der Waals surface area contributed by atoms with E-state index in [0.717, 1.165) is 50.9 Å². The fourth-order valence-electron chi connectivity index (χ4n) is 3.16. The molecule has 1 aliphatic heterocycles. The summed E-state index contributed by atoms with van der Waals surface area (Å²) >= 11 is 0. The second-order valence-electron chi connectivity index (χ2n) is 6.73. The molecule has 5 heteroatoms. The van der Waals surface area contributed by atoms with E-state index in [1.165, 1.54) is 0 Å². The van der Waals surface area contributed by atoms with Crippen LogP contribution >= 0.6 is 0 Å². The van der Waals surface area contributed by atoms with E-state index in [9.17, 15) is 9.59 Å². The van der Waals surface area contributed by atoms with Crippen molar-refractivity contribution in [3.8, 4) is 0 Å². The van der Waals surface area contributed by atoms with Crippen molar-refractivity contribution in [3.63, 3.8) is 0 Å². The van der Waals surface area contributed by atoms with Gasteiger partial charge in [-0.15, -0.1) is 0 Å². The summed E-state index contributed by atoms with van der Waals surface area (Å²) in [4.78, 5) is 30.4. The molecular formula is C18H25N3O2. The summed E-state index contributed by atoms with van der Waals surface area (Å²) in [7, 11) is 0. The molecule has 1 aromatic rings. The first-order valence-corrected chi connectivity index (χ1v) is 8.68. The fourth-order valence-corrected chi connectivity index (χ4v) is 3.16. The molecule has 2 aliphatic rings. The van der Waals surface area contributed by atoms with Crippen molar-refractivity contribution in [3.05, 3.63) is 30.1 Å². The predicted octanol–water partition coefficient (Wildman–Crippen LogP) is 1.92. The van der Waals surface area contributed by atoms with Crippen LogP contribution < -0.4 is 5.32 Å². The summed E-state index contributed by atoms with van der Waals surface area (Å²) in [6, 6.07) is 6.09. The number of rotatable bonds is 6. The van der Waals surface area contributed by atoms with Gasteiger partial charge in [-0.3, -0.25) is 14.6 Å². The van der Waals surface area contributed by atoms with Crippen molar-refractivity contribution in [1.29, 1.82) is 0 Å². The van der Waals surface area contributed by atoms with Crippen LogP contribution in [-0.2, 0) is 16.0 Å². The Hall–Kier alpha value is -1.91. The highest BCUT2D eigenvalue weighted by Crippen LogP contribution is 2.23. The Labute approximate surface area is 137 Å². The molecule has 0 spiro atoms. The molecule has 5 nitrogen and oxygen atoms in total. The van der Waals surface area contributed by atoms with Crippen LogP contribution in [0.2, 0.25) is 0 Å². The lowest BCUT2D eigenvalue weighted by atomic mass is 9.93. The van der Waals surface area contributed by atoms with Gasteiger partial charge in [-0.25, -0.2) is 0 Å². The van der Waals surface area contributed by atoms with E-state index in [2.05, 4.69) is 10.3 Å². The van der Waals surface area contributed by atoms with Crippen LogP contribution in [0, 0.1) is 5.92 Å². The average Bonchev–Trinajstić information content (AvgIpc) is 3.38. The minimum Gasteiger partial charge on any atom is -0.353 e. The maximum absolute atomic E-state index is 12.4. The van der Waals surface area contributed by atoms with Crippen LogP contribution in [-0.4, -0.2) is 40.8 Å². The van der Waals surface area contributed by atoms with Crippen LogP contribution in [0.4, 0.5) is 0 Å². The molecule has 0 bridgehead atoms. The maximum atomic E-state index is 12.4. The molecule has 1 aliphatic carbocycles.